The number of nitrogens with one attached hydrogen (secondary N) is 1. The van der Waals surface area contributed by atoms with Crippen LogP contribution in [0, 0.1) is 13.8 Å². The van der Waals surface area contributed by atoms with Gasteiger partial charge in [-0.15, -0.1) is 0 Å². The summed E-state index contributed by atoms with van der Waals surface area (Å²) in [6, 6.07) is 11.6. The molecule has 1 aromatic carbocycles. The van der Waals surface area contributed by atoms with Crippen LogP contribution in [0.2, 0.25) is 0 Å². The van der Waals surface area contributed by atoms with Crippen molar-refractivity contribution in [2.24, 2.45) is 0 Å². The molecule has 1 aromatic heterocycles. The van der Waals surface area contributed by atoms with Crippen molar-refractivity contribution in [2.45, 2.75) is 64.2 Å². The van der Waals surface area contributed by atoms with E-state index < -0.39 is 0 Å². The highest BCUT2D eigenvalue weighted by atomic mass is 16.2. The Morgan fingerprint density at radius 1 is 1.23 bits per heavy atom. The molecule has 0 saturated carbocycles. The van der Waals surface area contributed by atoms with Crippen molar-refractivity contribution in [3.05, 3.63) is 52.8 Å². The molecule has 3 heterocycles. The first-order chi connectivity index (χ1) is 12.5. The van der Waals surface area contributed by atoms with E-state index in [0.717, 1.165) is 35.4 Å². The second-order valence-corrected chi connectivity index (χ2v) is 7.96. The molecule has 0 radical (unpaired) electrons. The molecule has 2 unspecified atom stereocenters. The number of carbonyl (C=O) groups excluding carboxylic acids is 1. The third kappa shape index (κ3) is 3.40. The normalized spacial score (nSPS) is 24.7. The summed E-state index contributed by atoms with van der Waals surface area (Å²) in [6.07, 6.45) is 4.65. The number of aryl methyl sites for hydroxylation is 2. The fraction of sp³-hybridized carbons (Fsp3) is 0.524. The molecular formula is C21H28N4O. The van der Waals surface area contributed by atoms with Crippen LogP contribution in [0.25, 0.3) is 0 Å². The molecule has 138 valence electrons. The van der Waals surface area contributed by atoms with E-state index in [-0.39, 0.29) is 5.91 Å². The first-order valence-corrected chi connectivity index (χ1v) is 9.63. The van der Waals surface area contributed by atoms with Gasteiger partial charge in [-0.3, -0.25) is 9.48 Å². The molecule has 2 fully saturated rings. The molecule has 2 atom stereocenters. The number of hydrogen-bond acceptors (Lipinski definition) is 3. The van der Waals surface area contributed by atoms with Crippen molar-refractivity contribution in [1.29, 1.82) is 0 Å². The first kappa shape index (κ1) is 17.3. The van der Waals surface area contributed by atoms with Crippen LogP contribution in [-0.2, 0) is 6.54 Å². The minimum absolute atomic E-state index is 0.131. The number of piperidine rings is 1. The molecule has 5 heteroatoms. The van der Waals surface area contributed by atoms with Crippen LogP contribution in [0.15, 0.2) is 30.3 Å². The third-order valence-electron chi connectivity index (χ3n) is 5.93. The van der Waals surface area contributed by atoms with Gasteiger partial charge in [0.1, 0.15) is 0 Å². The second-order valence-electron chi connectivity index (χ2n) is 7.96. The van der Waals surface area contributed by atoms with Gasteiger partial charge in [0.05, 0.1) is 12.2 Å². The molecule has 1 N–H and O–H groups in total. The predicted octanol–water partition coefficient (Wildman–Crippen LogP) is 2.90. The summed E-state index contributed by atoms with van der Waals surface area (Å²) in [5.74, 6) is 0.131. The lowest BCUT2D eigenvalue weighted by Gasteiger charge is -2.35. The average Bonchev–Trinajstić information content (AvgIpc) is 3.13. The second kappa shape index (κ2) is 6.88. The van der Waals surface area contributed by atoms with Crippen molar-refractivity contribution < 1.29 is 4.79 Å². The van der Waals surface area contributed by atoms with Gasteiger partial charge in [0.25, 0.3) is 5.91 Å². The number of nitrogens with zero attached hydrogens (tertiary/aromatic N) is 3. The van der Waals surface area contributed by atoms with E-state index in [9.17, 15) is 4.79 Å². The van der Waals surface area contributed by atoms with E-state index in [2.05, 4.69) is 29.5 Å². The van der Waals surface area contributed by atoms with Gasteiger partial charge in [-0.25, -0.2) is 0 Å². The Morgan fingerprint density at radius 3 is 2.62 bits per heavy atom. The molecule has 4 rings (SSSR count). The topological polar surface area (TPSA) is 50.2 Å². The summed E-state index contributed by atoms with van der Waals surface area (Å²) in [7, 11) is 1.96. The zero-order valence-electron chi connectivity index (χ0n) is 15.9. The van der Waals surface area contributed by atoms with E-state index in [1.165, 1.54) is 12.8 Å². The minimum Gasteiger partial charge on any atom is -0.339 e. The van der Waals surface area contributed by atoms with Crippen LogP contribution in [-0.4, -0.2) is 45.8 Å². The Morgan fingerprint density at radius 2 is 1.96 bits per heavy atom. The number of amides is 1. The molecule has 2 bridgehead atoms. The van der Waals surface area contributed by atoms with Crippen LogP contribution in [0.1, 0.15) is 53.0 Å². The van der Waals surface area contributed by atoms with E-state index in [0.29, 0.717) is 24.7 Å². The van der Waals surface area contributed by atoms with Crippen molar-refractivity contribution >= 4 is 5.91 Å². The van der Waals surface area contributed by atoms with Gasteiger partial charge < -0.3 is 10.2 Å². The summed E-state index contributed by atoms with van der Waals surface area (Å²) in [5, 5.41) is 8.18. The lowest BCUT2D eigenvalue weighted by molar-refractivity contribution is 0.0681. The first-order valence-electron chi connectivity index (χ1n) is 9.63. The van der Waals surface area contributed by atoms with Crippen LogP contribution < -0.4 is 5.32 Å². The van der Waals surface area contributed by atoms with Crippen LogP contribution in [0.3, 0.4) is 0 Å². The fourth-order valence-electron chi connectivity index (χ4n) is 4.52. The molecule has 26 heavy (non-hydrogen) atoms. The van der Waals surface area contributed by atoms with Gasteiger partial charge in [-0.1, -0.05) is 12.1 Å². The summed E-state index contributed by atoms with van der Waals surface area (Å²) in [5.41, 5.74) is 4.05. The lowest BCUT2D eigenvalue weighted by Crippen LogP contribution is -2.48. The van der Waals surface area contributed by atoms with Gasteiger partial charge in [0.2, 0.25) is 0 Å². The maximum atomic E-state index is 13.0. The molecule has 1 amide bonds. The van der Waals surface area contributed by atoms with Crippen molar-refractivity contribution in [3.8, 4) is 0 Å². The summed E-state index contributed by atoms with van der Waals surface area (Å²) in [4.78, 5) is 15.0. The Balaban J connectivity index is 1.48. The number of aromatic nitrogens is 2. The van der Waals surface area contributed by atoms with Gasteiger partial charge in [0.15, 0.2) is 0 Å². The number of hydrogen-bond donors (Lipinski definition) is 1. The van der Waals surface area contributed by atoms with Crippen molar-refractivity contribution in [3.63, 3.8) is 0 Å². The molecule has 2 aliphatic heterocycles. The van der Waals surface area contributed by atoms with Gasteiger partial charge in [-0.2, -0.15) is 5.10 Å². The smallest absolute Gasteiger partial charge is 0.253 e. The minimum atomic E-state index is 0.131. The molecule has 2 aromatic rings. The highest BCUT2D eigenvalue weighted by Gasteiger charge is 2.36. The monoisotopic (exact) mass is 352 g/mol. The third-order valence-corrected chi connectivity index (χ3v) is 5.93. The number of rotatable bonds is 4. The maximum Gasteiger partial charge on any atom is 0.253 e. The standard InChI is InChI=1S/C21H28N4O/c1-14-9-15(2)25(23-14)13-16-5-4-6-17(10-16)21(26)24(3)20-11-18-7-8-19(12-20)22-18/h4-6,9-10,18-20,22H,7-8,11-13H2,1-3H3. The van der Waals surface area contributed by atoms with Gasteiger partial charge >= 0.3 is 0 Å². The highest BCUT2D eigenvalue weighted by Crippen LogP contribution is 2.29. The van der Waals surface area contributed by atoms with Crippen LogP contribution >= 0.6 is 0 Å². The van der Waals surface area contributed by atoms with Crippen molar-refractivity contribution in [2.75, 3.05) is 7.05 Å². The summed E-state index contributed by atoms with van der Waals surface area (Å²) < 4.78 is 1.99. The van der Waals surface area contributed by atoms with Gasteiger partial charge in [-0.05, 0) is 63.3 Å². The Hall–Kier alpha value is -2.14. The zero-order valence-corrected chi connectivity index (χ0v) is 15.9. The SMILES string of the molecule is Cc1cc(C)n(Cc2cccc(C(=O)N(C)C3CC4CCC(C3)N4)c2)n1. The number of benzene rings is 1. The van der Waals surface area contributed by atoms with E-state index >= 15 is 0 Å². The molecule has 0 aliphatic carbocycles. The molecule has 2 saturated heterocycles. The summed E-state index contributed by atoms with van der Waals surface area (Å²) >= 11 is 0. The Kier molecular flexibility index (Phi) is 4.57. The quantitative estimate of drug-likeness (QED) is 0.920. The average molecular weight is 352 g/mol. The molecular weight excluding hydrogens is 324 g/mol. The van der Waals surface area contributed by atoms with Crippen LogP contribution in [0.5, 0.6) is 0 Å². The Bertz CT molecular complexity index is 800. The highest BCUT2D eigenvalue weighted by molar-refractivity contribution is 5.94. The van der Waals surface area contributed by atoms with Crippen LogP contribution in [0.4, 0.5) is 0 Å². The zero-order chi connectivity index (χ0) is 18.3. The van der Waals surface area contributed by atoms with E-state index in [4.69, 9.17) is 0 Å². The van der Waals surface area contributed by atoms with Crippen molar-refractivity contribution in [1.82, 2.24) is 20.0 Å². The maximum absolute atomic E-state index is 13.0. The van der Waals surface area contributed by atoms with E-state index in [1.807, 2.05) is 41.8 Å². The Labute approximate surface area is 155 Å². The number of fused-ring (bicyclic) bond motifs is 2. The largest absolute Gasteiger partial charge is 0.339 e. The molecule has 0 spiro atoms. The summed E-state index contributed by atoms with van der Waals surface area (Å²) in [6.45, 7) is 4.76. The molecule has 2 aliphatic rings. The molecule has 5 nitrogen and oxygen atoms in total. The lowest BCUT2D eigenvalue weighted by atomic mass is 9.97. The number of carbonyl (C=O) groups is 1. The van der Waals surface area contributed by atoms with E-state index in [1.54, 1.807) is 0 Å². The predicted molar refractivity (Wildman–Crippen MR) is 102 cm³/mol. The van der Waals surface area contributed by atoms with Gasteiger partial charge in [0, 0.05) is 36.4 Å². The fourth-order valence-corrected chi connectivity index (χ4v) is 4.52.